The Bertz CT molecular complexity index is 391. The largest absolute Gasteiger partial charge is 0.370 e. The molecule has 0 spiro atoms. The standard InChI is InChI=1S/C14H17BrO2/c1-17-14(8-2-3-9-14)13(16)10-11-4-6-12(15)7-5-11/h4-7H,2-3,8-10H2,1H3. The van der Waals surface area contributed by atoms with E-state index >= 15 is 0 Å². The summed E-state index contributed by atoms with van der Waals surface area (Å²) in [4.78, 5) is 12.3. The van der Waals surface area contributed by atoms with Gasteiger partial charge in [-0.05, 0) is 43.4 Å². The van der Waals surface area contributed by atoms with E-state index in [1.165, 1.54) is 0 Å². The van der Waals surface area contributed by atoms with E-state index in [2.05, 4.69) is 15.9 Å². The molecule has 0 radical (unpaired) electrons. The lowest BCUT2D eigenvalue weighted by Crippen LogP contribution is -2.38. The minimum Gasteiger partial charge on any atom is -0.370 e. The van der Waals surface area contributed by atoms with Gasteiger partial charge in [-0.15, -0.1) is 0 Å². The number of rotatable bonds is 4. The third-order valence-corrected chi connectivity index (χ3v) is 4.12. The van der Waals surface area contributed by atoms with Crippen LogP contribution in [0.4, 0.5) is 0 Å². The van der Waals surface area contributed by atoms with Crippen LogP contribution >= 0.6 is 15.9 Å². The topological polar surface area (TPSA) is 26.3 Å². The van der Waals surface area contributed by atoms with E-state index in [1.54, 1.807) is 7.11 Å². The molecule has 0 aliphatic heterocycles. The number of ketones is 1. The fraction of sp³-hybridized carbons (Fsp3) is 0.500. The predicted molar refractivity (Wildman–Crippen MR) is 71.1 cm³/mol. The predicted octanol–water partition coefficient (Wildman–Crippen LogP) is 3.52. The molecular formula is C14H17BrO2. The second-order valence-electron chi connectivity index (χ2n) is 4.63. The van der Waals surface area contributed by atoms with Crippen molar-refractivity contribution in [2.24, 2.45) is 0 Å². The molecule has 1 aromatic carbocycles. The Labute approximate surface area is 110 Å². The average molecular weight is 297 g/mol. The van der Waals surface area contributed by atoms with Crippen LogP contribution in [-0.2, 0) is 16.0 Å². The van der Waals surface area contributed by atoms with Gasteiger partial charge in [0.2, 0.25) is 0 Å². The molecule has 1 saturated carbocycles. The molecule has 3 heteroatoms. The molecule has 0 unspecified atom stereocenters. The van der Waals surface area contributed by atoms with Gasteiger partial charge < -0.3 is 4.74 Å². The first-order valence-electron chi connectivity index (χ1n) is 5.99. The number of hydrogen-bond donors (Lipinski definition) is 0. The summed E-state index contributed by atoms with van der Waals surface area (Å²) < 4.78 is 6.54. The highest BCUT2D eigenvalue weighted by Crippen LogP contribution is 2.34. The minimum absolute atomic E-state index is 0.222. The number of carbonyl (C=O) groups excluding carboxylic acids is 1. The van der Waals surface area contributed by atoms with Gasteiger partial charge in [0.1, 0.15) is 5.60 Å². The molecule has 0 N–H and O–H groups in total. The van der Waals surface area contributed by atoms with E-state index in [-0.39, 0.29) is 5.78 Å². The van der Waals surface area contributed by atoms with E-state index < -0.39 is 5.60 Å². The van der Waals surface area contributed by atoms with Crippen LogP contribution in [0.1, 0.15) is 31.2 Å². The van der Waals surface area contributed by atoms with Crippen molar-refractivity contribution in [3.05, 3.63) is 34.3 Å². The summed E-state index contributed by atoms with van der Waals surface area (Å²) in [5.41, 5.74) is 0.550. The molecule has 1 aromatic rings. The Kier molecular flexibility index (Phi) is 4.00. The fourth-order valence-corrected chi connectivity index (χ4v) is 2.76. The molecule has 2 nitrogen and oxygen atoms in total. The lowest BCUT2D eigenvalue weighted by atomic mass is 9.91. The molecule has 92 valence electrons. The number of halogens is 1. The third kappa shape index (κ3) is 2.78. The minimum atomic E-state index is -0.507. The maximum atomic E-state index is 12.3. The summed E-state index contributed by atoms with van der Waals surface area (Å²) >= 11 is 3.39. The van der Waals surface area contributed by atoms with Gasteiger partial charge in [-0.25, -0.2) is 0 Å². The molecule has 0 bridgehead atoms. The second-order valence-corrected chi connectivity index (χ2v) is 5.55. The van der Waals surface area contributed by atoms with Gasteiger partial charge in [-0.3, -0.25) is 4.79 Å². The number of ether oxygens (including phenoxy) is 1. The normalized spacial score (nSPS) is 18.2. The first-order valence-corrected chi connectivity index (χ1v) is 6.78. The Morgan fingerprint density at radius 2 is 1.88 bits per heavy atom. The van der Waals surface area contributed by atoms with Crippen molar-refractivity contribution in [1.29, 1.82) is 0 Å². The van der Waals surface area contributed by atoms with E-state index in [0.29, 0.717) is 6.42 Å². The highest BCUT2D eigenvalue weighted by molar-refractivity contribution is 9.10. The van der Waals surface area contributed by atoms with Crippen molar-refractivity contribution >= 4 is 21.7 Å². The van der Waals surface area contributed by atoms with Gasteiger partial charge >= 0.3 is 0 Å². The summed E-state index contributed by atoms with van der Waals surface area (Å²) in [5, 5.41) is 0. The molecule has 1 aliphatic rings. The number of Topliss-reactive ketones (excluding diaryl/α,β-unsaturated/α-hetero) is 1. The molecule has 0 heterocycles. The summed E-state index contributed by atoms with van der Waals surface area (Å²) in [6.07, 6.45) is 4.42. The zero-order valence-corrected chi connectivity index (χ0v) is 11.6. The van der Waals surface area contributed by atoms with Gasteiger partial charge in [0.25, 0.3) is 0 Å². The van der Waals surface area contributed by atoms with Crippen LogP contribution in [0.15, 0.2) is 28.7 Å². The van der Waals surface area contributed by atoms with Crippen LogP contribution < -0.4 is 0 Å². The first-order chi connectivity index (χ1) is 8.16. The van der Waals surface area contributed by atoms with E-state index in [9.17, 15) is 4.79 Å². The smallest absolute Gasteiger partial charge is 0.168 e. The third-order valence-electron chi connectivity index (χ3n) is 3.59. The highest BCUT2D eigenvalue weighted by Gasteiger charge is 2.40. The fourth-order valence-electron chi connectivity index (χ4n) is 2.49. The van der Waals surface area contributed by atoms with Crippen LogP contribution in [-0.4, -0.2) is 18.5 Å². The maximum absolute atomic E-state index is 12.3. The number of hydrogen-bond acceptors (Lipinski definition) is 2. The first kappa shape index (κ1) is 12.8. The monoisotopic (exact) mass is 296 g/mol. The van der Waals surface area contributed by atoms with Crippen molar-refractivity contribution < 1.29 is 9.53 Å². The van der Waals surface area contributed by atoms with Crippen molar-refractivity contribution in [3.63, 3.8) is 0 Å². The van der Waals surface area contributed by atoms with E-state index in [1.807, 2.05) is 24.3 Å². The van der Waals surface area contributed by atoms with E-state index in [4.69, 9.17) is 4.74 Å². The Morgan fingerprint density at radius 1 is 1.29 bits per heavy atom. The lowest BCUT2D eigenvalue weighted by molar-refractivity contribution is -0.139. The van der Waals surface area contributed by atoms with Gasteiger partial charge in [-0.2, -0.15) is 0 Å². The molecule has 0 atom stereocenters. The number of benzene rings is 1. The quantitative estimate of drug-likeness (QED) is 0.850. The van der Waals surface area contributed by atoms with Crippen LogP contribution in [0.2, 0.25) is 0 Å². The molecule has 17 heavy (non-hydrogen) atoms. The number of methoxy groups -OCH3 is 1. The van der Waals surface area contributed by atoms with Crippen molar-refractivity contribution in [3.8, 4) is 0 Å². The molecular weight excluding hydrogens is 280 g/mol. The Hall–Kier alpha value is -0.670. The maximum Gasteiger partial charge on any atom is 0.168 e. The van der Waals surface area contributed by atoms with E-state index in [0.717, 1.165) is 35.7 Å². The molecule has 1 aliphatic carbocycles. The second kappa shape index (κ2) is 5.32. The summed E-state index contributed by atoms with van der Waals surface area (Å²) in [6.45, 7) is 0. The van der Waals surface area contributed by atoms with Crippen molar-refractivity contribution in [2.75, 3.05) is 7.11 Å². The average Bonchev–Trinajstić information content (AvgIpc) is 2.82. The zero-order valence-electron chi connectivity index (χ0n) is 10.0. The highest BCUT2D eigenvalue weighted by atomic mass is 79.9. The van der Waals surface area contributed by atoms with Gasteiger partial charge in [0.15, 0.2) is 5.78 Å². The van der Waals surface area contributed by atoms with Gasteiger partial charge in [0, 0.05) is 18.0 Å². The molecule has 0 saturated heterocycles. The van der Waals surface area contributed by atoms with Crippen LogP contribution in [0, 0.1) is 0 Å². The van der Waals surface area contributed by atoms with Gasteiger partial charge in [-0.1, -0.05) is 28.1 Å². The molecule has 0 aromatic heterocycles. The summed E-state index contributed by atoms with van der Waals surface area (Å²) in [7, 11) is 1.66. The van der Waals surface area contributed by atoms with Gasteiger partial charge in [0.05, 0.1) is 0 Å². The molecule has 1 fully saturated rings. The van der Waals surface area contributed by atoms with Crippen LogP contribution in [0.25, 0.3) is 0 Å². The molecule has 2 rings (SSSR count). The molecule has 0 amide bonds. The SMILES string of the molecule is COC1(C(=O)Cc2ccc(Br)cc2)CCCC1. The zero-order chi connectivity index (χ0) is 12.3. The van der Waals surface area contributed by atoms with Crippen molar-refractivity contribution in [2.45, 2.75) is 37.7 Å². The lowest BCUT2D eigenvalue weighted by Gasteiger charge is -2.25. The van der Waals surface area contributed by atoms with Crippen LogP contribution in [0.5, 0.6) is 0 Å². The van der Waals surface area contributed by atoms with Crippen molar-refractivity contribution in [1.82, 2.24) is 0 Å². The Morgan fingerprint density at radius 3 is 2.41 bits per heavy atom. The summed E-state index contributed by atoms with van der Waals surface area (Å²) in [6, 6.07) is 7.91. The van der Waals surface area contributed by atoms with Crippen LogP contribution in [0.3, 0.4) is 0 Å². The Balaban J connectivity index is 2.08. The summed E-state index contributed by atoms with van der Waals surface area (Å²) in [5.74, 6) is 0.222. The number of carbonyl (C=O) groups is 1.